The number of carboxylic acids is 1. The van der Waals surface area contributed by atoms with E-state index in [1.165, 1.54) is 4.88 Å². The van der Waals surface area contributed by atoms with Crippen LogP contribution in [-0.4, -0.2) is 16.1 Å². The molecule has 116 valence electrons. The highest BCUT2D eigenvalue weighted by atomic mass is 32.1. The van der Waals surface area contributed by atoms with Crippen molar-refractivity contribution in [3.8, 4) is 10.6 Å². The average molecular weight is 316 g/mol. The highest BCUT2D eigenvalue weighted by molar-refractivity contribution is 7.16. The molecule has 2 heterocycles. The number of hydrogen-bond acceptors (Lipinski definition) is 4. The minimum atomic E-state index is -0.852. The third-order valence-corrected chi connectivity index (χ3v) is 5.60. The van der Waals surface area contributed by atoms with Crippen LogP contribution in [0.15, 0.2) is 18.3 Å². The van der Waals surface area contributed by atoms with Crippen LogP contribution in [0.2, 0.25) is 0 Å². The van der Waals surface area contributed by atoms with Gasteiger partial charge in [0, 0.05) is 17.6 Å². The standard InChI is InChI=1S/C17H20N2O2S/c1-17(2)6-5-13-11(7-17)14(16(20)21)15(22-13)12-4-3-10(8-18)9-19-12/h3-4,9H,5-8,18H2,1-2H3,(H,20,21). The molecule has 3 N–H and O–H groups in total. The molecule has 5 heteroatoms. The molecule has 0 aromatic carbocycles. The Morgan fingerprint density at radius 2 is 2.23 bits per heavy atom. The van der Waals surface area contributed by atoms with Crippen molar-refractivity contribution in [2.75, 3.05) is 0 Å². The first-order valence-electron chi connectivity index (χ1n) is 7.44. The highest BCUT2D eigenvalue weighted by Crippen LogP contribution is 2.44. The van der Waals surface area contributed by atoms with E-state index >= 15 is 0 Å². The van der Waals surface area contributed by atoms with Gasteiger partial charge in [-0.3, -0.25) is 4.98 Å². The van der Waals surface area contributed by atoms with E-state index in [9.17, 15) is 9.90 Å². The Labute approximate surface area is 134 Å². The molecule has 0 radical (unpaired) electrons. The smallest absolute Gasteiger partial charge is 0.337 e. The van der Waals surface area contributed by atoms with Crippen LogP contribution in [0.25, 0.3) is 10.6 Å². The SMILES string of the molecule is CC1(C)CCc2sc(-c3ccc(CN)cn3)c(C(=O)O)c2C1. The fraction of sp³-hybridized carbons (Fsp3) is 0.412. The van der Waals surface area contributed by atoms with Gasteiger partial charge < -0.3 is 10.8 Å². The monoisotopic (exact) mass is 316 g/mol. The number of carbonyl (C=O) groups is 1. The summed E-state index contributed by atoms with van der Waals surface area (Å²) in [5.41, 5.74) is 8.88. The van der Waals surface area contributed by atoms with Crippen LogP contribution in [0.1, 0.15) is 46.6 Å². The van der Waals surface area contributed by atoms with E-state index in [1.807, 2.05) is 12.1 Å². The summed E-state index contributed by atoms with van der Waals surface area (Å²) in [7, 11) is 0. The first-order chi connectivity index (χ1) is 10.4. The van der Waals surface area contributed by atoms with Crippen molar-refractivity contribution in [2.24, 2.45) is 11.1 Å². The lowest BCUT2D eigenvalue weighted by molar-refractivity contribution is 0.0696. The number of fused-ring (bicyclic) bond motifs is 1. The van der Waals surface area contributed by atoms with Crippen molar-refractivity contribution in [1.82, 2.24) is 4.98 Å². The van der Waals surface area contributed by atoms with Gasteiger partial charge in [0.2, 0.25) is 0 Å². The minimum absolute atomic E-state index is 0.159. The van der Waals surface area contributed by atoms with Crippen LogP contribution in [-0.2, 0) is 19.4 Å². The van der Waals surface area contributed by atoms with Gasteiger partial charge in [-0.1, -0.05) is 19.9 Å². The molecular formula is C17H20N2O2S. The molecule has 1 aliphatic carbocycles. The zero-order valence-corrected chi connectivity index (χ0v) is 13.7. The molecule has 2 aromatic heterocycles. The zero-order chi connectivity index (χ0) is 15.9. The number of rotatable bonds is 3. The Morgan fingerprint density at radius 3 is 2.82 bits per heavy atom. The highest BCUT2D eigenvalue weighted by Gasteiger charge is 2.33. The van der Waals surface area contributed by atoms with Gasteiger partial charge in [-0.15, -0.1) is 11.3 Å². The van der Waals surface area contributed by atoms with Crippen molar-refractivity contribution < 1.29 is 9.90 Å². The molecule has 0 saturated heterocycles. The van der Waals surface area contributed by atoms with Crippen LogP contribution in [0.3, 0.4) is 0 Å². The fourth-order valence-corrected chi connectivity index (χ4v) is 4.29. The number of nitrogens with zero attached hydrogens (tertiary/aromatic N) is 1. The van der Waals surface area contributed by atoms with Crippen LogP contribution in [0.4, 0.5) is 0 Å². The molecule has 1 aliphatic rings. The number of pyridine rings is 1. The van der Waals surface area contributed by atoms with Gasteiger partial charge in [-0.25, -0.2) is 4.79 Å². The second-order valence-corrected chi connectivity index (χ2v) is 7.72. The summed E-state index contributed by atoms with van der Waals surface area (Å²) in [4.78, 5) is 18.2. The second kappa shape index (κ2) is 5.48. The molecule has 22 heavy (non-hydrogen) atoms. The summed E-state index contributed by atoms with van der Waals surface area (Å²) in [5, 5.41) is 9.70. The first-order valence-corrected chi connectivity index (χ1v) is 8.26. The maximum Gasteiger partial charge on any atom is 0.337 e. The van der Waals surface area contributed by atoms with Gasteiger partial charge in [0.1, 0.15) is 0 Å². The van der Waals surface area contributed by atoms with E-state index in [4.69, 9.17) is 5.73 Å². The Bertz CT molecular complexity index is 717. The summed E-state index contributed by atoms with van der Waals surface area (Å²) < 4.78 is 0. The fourth-order valence-electron chi connectivity index (χ4n) is 3.01. The number of nitrogens with two attached hydrogens (primary N) is 1. The molecule has 0 atom stereocenters. The molecule has 0 amide bonds. The predicted molar refractivity (Wildman–Crippen MR) is 88.2 cm³/mol. The zero-order valence-electron chi connectivity index (χ0n) is 12.8. The first kappa shape index (κ1) is 15.2. The van der Waals surface area contributed by atoms with Crippen LogP contribution >= 0.6 is 11.3 Å². The number of carboxylic acid groups (broad SMARTS) is 1. The molecule has 4 nitrogen and oxygen atoms in total. The summed E-state index contributed by atoms with van der Waals surface area (Å²) in [6.07, 6.45) is 4.59. The van der Waals surface area contributed by atoms with Crippen molar-refractivity contribution in [3.05, 3.63) is 39.9 Å². The maximum atomic E-state index is 11.8. The number of aryl methyl sites for hydroxylation is 1. The van der Waals surface area contributed by atoms with Crippen molar-refractivity contribution in [1.29, 1.82) is 0 Å². The van der Waals surface area contributed by atoms with Crippen LogP contribution in [0.5, 0.6) is 0 Å². The Hall–Kier alpha value is -1.72. The molecule has 0 aliphatic heterocycles. The maximum absolute atomic E-state index is 11.8. The quantitative estimate of drug-likeness (QED) is 0.909. The van der Waals surface area contributed by atoms with E-state index in [0.29, 0.717) is 12.1 Å². The summed E-state index contributed by atoms with van der Waals surface area (Å²) in [5.74, 6) is -0.852. The Morgan fingerprint density at radius 1 is 1.45 bits per heavy atom. The normalized spacial score (nSPS) is 16.3. The van der Waals surface area contributed by atoms with Crippen molar-refractivity contribution in [3.63, 3.8) is 0 Å². The summed E-state index contributed by atoms with van der Waals surface area (Å²) >= 11 is 1.58. The third-order valence-electron chi connectivity index (χ3n) is 4.28. The van der Waals surface area contributed by atoms with E-state index in [-0.39, 0.29) is 5.41 Å². The van der Waals surface area contributed by atoms with Gasteiger partial charge in [0.15, 0.2) is 0 Å². The Balaban J connectivity index is 2.12. The van der Waals surface area contributed by atoms with E-state index in [1.54, 1.807) is 17.5 Å². The number of hydrogen-bond donors (Lipinski definition) is 2. The lowest BCUT2D eigenvalue weighted by Crippen LogP contribution is -2.22. The van der Waals surface area contributed by atoms with Gasteiger partial charge >= 0.3 is 5.97 Å². The summed E-state index contributed by atoms with van der Waals surface area (Å²) in [6.45, 7) is 4.84. The van der Waals surface area contributed by atoms with E-state index in [0.717, 1.165) is 41.0 Å². The average Bonchev–Trinajstić information content (AvgIpc) is 2.84. The van der Waals surface area contributed by atoms with Crippen LogP contribution < -0.4 is 5.73 Å². The predicted octanol–water partition coefficient (Wildman–Crippen LogP) is 3.48. The van der Waals surface area contributed by atoms with Crippen molar-refractivity contribution in [2.45, 2.75) is 39.7 Å². The lowest BCUT2D eigenvalue weighted by Gasteiger charge is -2.29. The molecule has 0 bridgehead atoms. The van der Waals surface area contributed by atoms with Gasteiger partial charge in [-0.2, -0.15) is 0 Å². The van der Waals surface area contributed by atoms with Gasteiger partial charge in [0.05, 0.1) is 16.1 Å². The van der Waals surface area contributed by atoms with Crippen molar-refractivity contribution >= 4 is 17.3 Å². The molecule has 2 aromatic rings. The number of aromatic carboxylic acids is 1. The Kier molecular flexibility index (Phi) is 3.78. The summed E-state index contributed by atoms with van der Waals surface area (Å²) in [6, 6.07) is 3.79. The van der Waals surface area contributed by atoms with E-state index < -0.39 is 5.97 Å². The molecule has 0 unspecified atom stereocenters. The molecule has 0 saturated carbocycles. The number of aromatic nitrogens is 1. The van der Waals surface area contributed by atoms with E-state index in [2.05, 4.69) is 18.8 Å². The van der Waals surface area contributed by atoms with Gasteiger partial charge in [-0.05, 0) is 41.9 Å². The minimum Gasteiger partial charge on any atom is -0.478 e. The number of thiophene rings is 1. The van der Waals surface area contributed by atoms with Crippen LogP contribution in [0, 0.1) is 5.41 Å². The molecular weight excluding hydrogens is 296 g/mol. The third kappa shape index (κ3) is 2.66. The molecule has 3 rings (SSSR count). The second-order valence-electron chi connectivity index (χ2n) is 6.61. The molecule has 0 fully saturated rings. The largest absolute Gasteiger partial charge is 0.478 e. The lowest BCUT2D eigenvalue weighted by atomic mass is 9.76. The topological polar surface area (TPSA) is 76.2 Å². The van der Waals surface area contributed by atoms with Gasteiger partial charge in [0.25, 0.3) is 0 Å². The molecule has 0 spiro atoms.